The fraction of sp³-hybridized carbons (Fsp3) is 1.00. The normalized spacial score (nSPS) is 34.6. The van der Waals surface area contributed by atoms with Gasteiger partial charge in [0.25, 0.3) is 0 Å². The molecular formula is C13H26N2. The first kappa shape index (κ1) is 11.4. The van der Waals surface area contributed by atoms with Crippen molar-refractivity contribution in [3.63, 3.8) is 0 Å². The molecular weight excluding hydrogens is 184 g/mol. The van der Waals surface area contributed by atoms with E-state index in [0.717, 1.165) is 0 Å². The zero-order valence-corrected chi connectivity index (χ0v) is 10.6. The average Bonchev–Trinajstić information content (AvgIpc) is 2.45. The van der Waals surface area contributed by atoms with E-state index in [4.69, 9.17) is 0 Å². The highest BCUT2D eigenvalue weighted by Crippen LogP contribution is 2.32. The lowest BCUT2D eigenvalue weighted by Gasteiger charge is -2.35. The smallest absolute Gasteiger partial charge is 0.0194 e. The zero-order chi connectivity index (χ0) is 10.9. The van der Waals surface area contributed by atoms with Gasteiger partial charge in [-0.2, -0.15) is 0 Å². The third-order valence-corrected chi connectivity index (χ3v) is 4.22. The largest absolute Gasteiger partial charge is 0.311 e. The van der Waals surface area contributed by atoms with Crippen LogP contribution in [0.2, 0.25) is 0 Å². The molecule has 2 fully saturated rings. The summed E-state index contributed by atoms with van der Waals surface area (Å²) >= 11 is 0. The quantitative estimate of drug-likeness (QED) is 0.660. The molecule has 1 atom stereocenters. The Bertz CT molecular complexity index is 211. The van der Waals surface area contributed by atoms with E-state index in [9.17, 15) is 0 Å². The van der Waals surface area contributed by atoms with Crippen molar-refractivity contribution in [2.75, 3.05) is 19.6 Å². The van der Waals surface area contributed by atoms with Crippen molar-refractivity contribution >= 4 is 0 Å². The fourth-order valence-corrected chi connectivity index (χ4v) is 3.16. The molecule has 2 heterocycles. The van der Waals surface area contributed by atoms with Crippen molar-refractivity contribution in [3.8, 4) is 0 Å². The lowest BCUT2D eigenvalue weighted by molar-refractivity contribution is 0.138. The molecule has 2 rings (SSSR count). The van der Waals surface area contributed by atoms with Crippen LogP contribution in [0.3, 0.4) is 0 Å². The first-order chi connectivity index (χ1) is 7.02. The summed E-state index contributed by atoms with van der Waals surface area (Å²) in [5.41, 5.74) is 0.865. The molecule has 0 aromatic rings. The minimum absolute atomic E-state index is 0.351. The van der Waals surface area contributed by atoms with Crippen LogP contribution < -0.4 is 5.32 Å². The molecule has 2 aliphatic heterocycles. The predicted octanol–water partition coefficient (Wildman–Crippen LogP) is 2.39. The molecule has 2 saturated heterocycles. The van der Waals surface area contributed by atoms with Crippen molar-refractivity contribution in [2.24, 2.45) is 0 Å². The second kappa shape index (κ2) is 4.06. The van der Waals surface area contributed by atoms with Crippen LogP contribution in [0.25, 0.3) is 0 Å². The number of nitrogens with one attached hydrogen (secondary N) is 1. The standard InChI is InChI=1S/C13H26N2/c1-12(2,3)15-10-5-7-13(8-11-15)6-4-9-14-13/h14H,4-11H2,1-3H3. The number of likely N-dealkylation sites (tertiary alicyclic amines) is 1. The molecule has 0 saturated carbocycles. The third-order valence-electron chi connectivity index (χ3n) is 4.22. The molecule has 0 bridgehead atoms. The topological polar surface area (TPSA) is 15.3 Å². The van der Waals surface area contributed by atoms with E-state index >= 15 is 0 Å². The molecule has 0 radical (unpaired) electrons. The molecule has 0 aliphatic carbocycles. The molecule has 2 nitrogen and oxygen atoms in total. The molecule has 0 aromatic carbocycles. The minimum Gasteiger partial charge on any atom is -0.311 e. The van der Waals surface area contributed by atoms with Crippen LogP contribution in [0.15, 0.2) is 0 Å². The van der Waals surface area contributed by atoms with E-state index in [-0.39, 0.29) is 0 Å². The number of hydrogen-bond donors (Lipinski definition) is 1. The van der Waals surface area contributed by atoms with Crippen molar-refractivity contribution in [1.82, 2.24) is 10.2 Å². The van der Waals surface area contributed by atoms with Gasteiger partial charge in [0, 0.05) is 17.6 Å². The van der Waals surface area contributed by atoms with Crippen LogP contribution in [0, 0.1) is 0 Å². The summed E-state index contributed by atoms with van der Waals surface area (Å²) in [4.78, 5) is 2.65. The Labute approximate surface area is 94.4 Å². The zero-order valence-electron chi connectivity index (χ0n) is 10.6. The fourth-order valence-electron chi connectivity index (χ4n) is 3.16. The maximum absolute atomic E-state index is 3.76. The van der Waals surface area contributed by atoms with E-state index in [1.807, 2.05) is 0 Å². The molecule has 0 aromatic heterocycles. The minimum atomic E-state index is 0.351. The maximum Gasteiger partial charge on any atom is 0.0194 e. The predicted molar refractivity (Wildman–Crippen MR) is 65.1 cm³/mol. The van der Waals surface area contributed by atoms with Crippen molar-refractivity contribution in [1.29, 1.82) is 0 Å². The van der Waals surface area contributed by atoms with E-state index in [0.29, 0.717) is 11.1 Å². The van der Waals surface area contributed by atoms with Gasteiger partial charge in [0.05, 0.1) is 0 Å². The van der Waals surface area contributed by atoms with Gasteiger partial charge in [-0.1, -0.05) is 0 Å². The van der Waals surface area contributed by atoms with Crippen LogP contribution in [-0.2, 0) is 0 Å². The SMILES string of the molecule is CC(C)(C)N1CCCC2(CCCN2)CC1. The van der Waals surface area contributed by atoms with Crippen LogP contribution >= 0.6 is 0 Å². The van der Waals surface area contributed by atoms with Gasteiger partial charge in [-0.25, -0.2) is 0 Å². The van der Waals surface area contributed by atoms with Gasteiger partial charge >= 0.3 is 0 Å². The Balaban J connectivity index is 1.97. The van der Waals surface area contributed by atoms with Crippen LogP contribution in [-0.4, -0.2) is 35.6 Å². The van der Waals surface area contributed by atoms with Crippen LogP contribution in [0.5, 0.6) is 0 Å². The Hall–Kier alpha value is -0.0800. The van der Waals surface area contributed by atoms with Crippen LogP contribution in [0.4, 0.5) is 0 Å². The van der Waals surface area contributed by atoms with Gasteiger partial charge in [0.15, 0.2) is 0 Å². The summed E-state index contributed by atoms with van der Waals surface area (Å²) in [6.45, 7) is 10.8. The maximum atomic E-state index is 3.76. The summed E-state index contributed by atoms with van der Waals surface area (Å²) in [5.74, 6) is 0. The molecule has 2 aliphatic rings. The van der Waals surface area contributed by atoms with Gasteiger partial charge in [0.2, 0.25) is 0 Å². The average molecular weight is 210 g/mol. The summed E-state index contributed by atoms with van der Waals surface area (Å²) in [5, 5.41) is 3.76. The summed E-state index contributed by atoms with van der Waals surface area (Å²) in [6.07, 6.45) is 6.90. The van der Waals surface area contributed by atoms with Gasteiger partial charge in [-0.05, 0) is 66.0 Å². The highest BCUT2D eigenvalue weighted by Gasteiger charge is 2.36. The van der Waals surface area contributed by atoms with Crippen molar-refractivity contribution in [3.05, 3.63) is 0 Å². The lowest BCUT2D eigenvalue weighted by Crippen LogP contribution is -2.44. The van der Waals surface area contributed by atoms with Gasteiger partial charge in [-0.3, -0.25) is 4.90 Å². The van der Waals surface area contributed by atoms with E-state index < -0.39 is 0 Å². The van der Waals surface area contributed by atoms with Crippen molar-refractivity contribution in [2.45, 2.75) is 64.0 Å². The highest BCUT2D eigenvalue weighted by molar-refractivity contribution is 4.96. The van der Waals surface area contributed by atoms with E-state index in [1.165, 1.54) is 51.7 Å². The third kappa shape index (κ3) is 2.54. The number of rotatable bonds is 0. The Morgan fingerprint density at radius 1 is 1.00 bits per heavy atom. The Morgan fingerprint density at radius 3 is 2.33 bits per heavy atom. The summed E-state index contributed by atoms with van der Waals surface area (Å²) < 4.78 is 0. The van der Waals surface area contributed by atoms with Gasteiger partial charge in [-0.15, -0.1) is 0 Å². The second-order valence-electron chi connectivity index (χ2n) is 6.32. The van der Waals surface area contributed by atoms with Crippen molar-refractivity contribution < 1.29 is 0 Å². The molecule has 1 spiro atoms. The summed E-state index contributed by atoms with van der Waals surface area (Å²) in [7, 11) is 0. The number of hydrogen-bond acceptors (Lipinski definition) is 2. The van der Waals surface area contributed by atoms with Gasteiger partial charge < -0.3 is 5.32 Å². The molecule has 2 heteroatoms. The monoisotopic (exact) mass is 210 g/mol. The number of nitrogens with zero attached hydrogens (tertiary/aromatic N) is 1. The Morgan fingerprint density at radius 2 is 1.73 bits per heavy atom. The first-order valence-corrected chi connectivity index (χ1v) is 6.52. The summed E-state index contributed by atoms with van der Waals surface area (Å²) in [6, 6.07) is 0. The Kier molecular flexibility index (Phi) is 3.09. The first-order valence-electron chi connectivity index (χ1n) is 6.52. The lowest BCUT2D eigenvalue weighted by atomic mass is 9.89. The molecule has 0 amide bonds. The van der Waals surface area contributed by atoms with Crippen LogP contribution in [0.1, 0.15) is 52.9 Å². The molecule has 15 heavy (non-hydrogen) atoms. The molecule has 88 valence electrons. The second-order valence-corrected chi connectivity index (χ2v) is 6.32. The van der Waals surface area contributed by atoms with E-state index in [1.54, 1.807) is 0 Å². The highest BCUT2D eigenvalue weighted by atomic mass is 15.2. The van der Waals surface area contributed by atoms with Gasteiger partial charge in [0.1, 0.15) is 0 Å². The van der Waals surface area contributed by atoms with E-state index in [2.05, 4.69) is 31.0 Å². The molecule has 1 unspecified atom stereocenters. The molecule has 1 N–H and O–H groups in total.